The molecular formula is C11H19NO5. The summed E-state index contributed by atoms with van der Waals surface area (Å²) in [5.74, 6) is -0.755. The molecule has 1 fully saturated rings. The number of carbonyl (C=O) groups is 2. The molecule has 6 heteroatoms. The Kier molecular flexibility index (Phi) is 4.75. The number of esters is 1. The van der Waals surface area contributed by atoms with Crippen LogP contribution in [-0.4, -0.2) is 44.5 Å². The highest BCUT2D eigenvalue weighted by atomic mass is 16.7. The molecule has 1 aliphatic rings. The number of rotatable bonds is 5. The summed E-state index contributed by atoms with van der Waals surface area (Å²) in [6.07, 6.45) is -2.45. The first kappa shape index (κ1) is 12.3. The Bertz CT molecular complexity index is 312. The Morgan fingerprint density at radius 1 is 1.53 bits per heavy atom. The fourth-order valence-electron chi connectivity index (χ4n) is 1.53. The minimum Gasteiger partial charge on any atom is -0.457 e. The summed E-state index contributed by atoms with van der Waals surface area (Å²) < 4.78 is 23.3. The average molecular weight is 246 g/mol. The van der Waals surface area contributed by atoms with Crippen molar-refractivity contribution >= 4 is 11.9 Å². The molecule has 0 aliphatic carbocycles. The molecule has 1 heterocycles. The maximum Gasteiger partial charge on any atom is 0.306 e. The largest absolute Gasteiger partial charge is 0.457 e. The van der Waals surface area contributed by atoms with Gasteiger partial charge in [-0.3, -0.25) is 9.59 Å². The van der Waals surface area contributed by atoms with Crippen LogP contribution in [0.5, 0.6) is 0 Å². The van der Waals surface area contributed by atoms with Crippen LogP contribution in [0, 0.1) is 0 Å². The summed E-state index contributed by atoms with van der Waals surface area (Å²) >= 11 is 0. The van der Waals surface area contributed by atoms with Crippen molar-refractivity contribution in [3.8, 4) is 0 Å². The third-order valence-electron chi connectivity index (χ3n) is 2.41. The highest BCUT2D eigenvalue weighted by Gasteiger charge is 2.35. The molecule has 0 bridgehead atoms. The van der Waals surface area contributed by atoms with Crippen LogP contribution in [-0.2, 0) is 23.8 Å². The van der Waals surface area contributed by atoms with Crippen molar-refractivity contribution in [1.29, 1.82) is 0 Å². The Morgan fingerprint density at radius 2 is 2.24 bits per heavy atom. The molecule has 0 radical (unpaired) electrons. The number of hydrogen-bond donors (Lipinski definition) is 1. The monoisotopic (exact) mass is 246 g/mol. The van der Waals surface area contributed by atoms with Crippen molar-refractivity contribution in [3.63, 3.8) is 0 Å². The molecule has 98 valence electrons. The Labute approximate surface area is 102 Å². The van der Waals surface area contributed by atoms with Gasteiger partial charge in [0.25, 0.3) is 0 Å². The molecule has 1 N–H and O–H groups in total. The number of nitrogens with one attached hydrogen (secondary N) is 1. The van der Waals surface area contributed by atoms with E-state index in [0.717, 1.165) is 0 Å². The lowest BCUT2D eigenvalue weighted by Gasteiger charge is -2.17. The maximum absolute atomic E-state index is 11.5. The van der Waals surface area contributed by atoms with Gasteiger partial charge >= 0.3 is 5.97 Å². The summed E-state index contributed by atoms with van der Waals surface area (Å²) in [6.45, 7) is 1.72. The second kappa shape index (κ2) is 6.56. The van der Waals surface area contributed by atoms with Crippen molar-refractivity contribution in [1.82, 2.24) is 5.32 Å². The topological polar surface area (TPSA) is 73.9 Å². The maximum atomic E-state index is 11.5. The van der Waals surface area contributed by atoms with Gasteiger partial charge < -0.3 is 19.5 Å². The fraction of sp³-hybridized carbons (Fsp3) is 0.818. The molecule has 6 nitrogen and oxygen atoms in total. The van der Waals surface area contributed by atoms with Crippen LogP contribution in [0.15, 0.2) is 0 Å². The van der Waals surface area contributed by atoms with Gasteiger partial charge in [-0.2, -0.15) is 0 Å². The smallest absolute Gasteiger partial charge is 0.306 e. The van der Waals surface area contributed by atoms with Crippen LogP contribution in [0.3, 0.4) is 0 Å². The van der Waals surface area contributed by atoms with Crippen molar-refractivity contribution in [2.24, 2.45) is 0 Å². The third kappa shape index (κ3) is 4.32. The molecule has 1 rings (SSSR count). The van der Waals surface area contributed by atoms with Gasteiger partial charge in [0.05, 0.1) is 12.5 Å². The first-order chi connectivity index (χ1) is 8.49. The number of hydrogen-bond acceptors (Lipinski definition) is 5. The Morgan fingerprint density at radius 3 is 2.82 bits per heavy atom. The highest BCUT2D eigenvalue weighted by Crippen LogP contribution is 2.23. The standard InChI is InChI=1S/C11H19NO5/c1-7-6-8(11(15-3)16-7)17-10(14)5-4-9(13)12-2/h7-8,11H,4-6H2,1-3H3,(H,12,13)/t7-,8-,11-/m0/s1/i6D/t6-,7-,8-,11-. The number of amides is 1. The minimum atomic E-state index is -0.748. The molecular weight excluding hydrogens is 226 g/mol. The summed E-state index contributed by atoms with van der Waals surface area (Å²) in [4.78, 5) is 22.5. The highest BCUT2D eigenvalue weighted by molar-refractivity contribution is 5.81. The SMILES string of the molecule is [2H][C@@H]1[C@H](OC(=O)CCC(=O)NC)[C@@H](OC)O[C@H]1C. The van der Waals surface area contributed by atoms with E-state index < -0.39 is 24.8 Å². The van der Waals surface area contributed by atoms with Crippen LogP contribution in [0.2, 0.25) is 0 Å². The van der Waals surface area contributed by atoms with Gasteiger partial charge in [0.2, 0.25) is 5.91 Å². The van der Waals surface area contributed by atoms with Crippen molar-refractivity contribution in [2.45, 2.75) is 44.7 Å². The first-order valence-electron chi connectivity index (χ1n) is 6.08. The van der Waals surface area contributed by atoms with Crippen LogP contribution in [0.1, 0.15) is 27.5 Å². The Hall–Kier alpha value is -1.14. The van der Waals surface area contributed by atoms with Gasteiger partial charge in [0.1, 0.15) is 0 Å². The normalized spacial score (nSPS) is 33.0. The van der Waals surface area contributed by atoms with E-state index in [-0.39, 0.29) is 24.9 Å². The zero-order chi connectivity index (χ0) is 13.7. The molecule has 0 aromatic heterocycles. The summed E-state index contributed by atoms with van der Waals surface area (Å²) in [5.41, 5.74) is 0. The van der Waals surface area contributed by atoms with Gasteiger partial charge in [-0.25, -0.2) is 0 Å². The van der Waals surface area contributed by atoms with E-state index in [0.29, 0.717) is 0 Å². The second-order valence-electron chi connectivity index (χ2n) is 3.77. The summed E-state index contributed by atoms with van der Waals surface area (Å²) in [7, 11) is 2.93. The third-order valence-corrected chi connectivity index (χ3v) is 2.41. The zero-order valence-corrected chi connectivity index (χ0v) is 10.3. The van der Waals surface area contributed by atoms with E-state index >= 15 is 0 Å². The lowest BCUT2D eigenvalue weighted by atomic mass is 10.2. The lowest BCUT2D eigenvalue weighted by Crippen LogP contribution is -2.29. The first-order valence-corrected chi connectivity index (χ1v) is 5.50. The van der Waals surface area contributed by atoms with Gasteiger partial charge in [0, 0.05) is 28.3 Å². The van der Waals surface area contributed by atoms with E-state index in [2.05, 4.69) is 5.32 Å². The van der Waals surface area contributed by atoms with Crippen molar-refractivity contribution in [2.75, 3.05) is 14.2 Å². The molecule has 1 aliphatic heterocycles. The molecule has 0 aromatic carbocycles. The van der Waals surface area contributed by atoms with E-state index in [4.69, 9.17) is 15.6 Å². The van der Waals surface area contributed by atoms with Crippen LogP contribution < -0.4 is 5.32 Å². The molecule has 0 saturated carbocycles. The molecule has 1 amide bonds. The number of methoxy groups -OCH3 is 1. The van der Waals surface area contributed by atoms with Gasteiger partial charge in [-0.1, -0.05) is 0 Å². The number of carbonyl (C=O) groups excluding carboxylic acids is 2. The number of ether oxygens (including phenoxy) is 3. The Balaban J connectivity index is 2.45. The predicted molar refractivity (Wildman–Crippen MR) is 59.1 cm³/mol. The van der Waals surface area contributed by atoms with Crippen molar-refractivity contribution in [3.05, 3.63) is 0 Å². The van der Waals surface area contributed by atoms with Gasteiger partial charge in [-0.15, -0.1) is 0 Å². The quantitative estimate of drug-likeness (QED) is 0.702. The molecule has 1 saturated heterocycles. The zero-order valence-electron chi connectivity index (χ0n) is 11.3. The molecule has 4 atom stereocenters. The van der Waals surface area contributed by atoms with Gasteiger partial charge in [0.15, 0.2) is 12.4 Å². The minimum absolute atomic E-state index is 0.0201. The lowest BCUT2D eigenvalue weighted by molar-refractivity contribution is -0.177. The van der Waals surface area contributed by atoms with E-state index in [1.807, 2.05) is 0 Å². The van der Waals surface area contributed by atoms with E-state index in [1.165, 1.54) is 14.2 Å². The van der Waals surface area contributed by atoms with Crippen LogP contribution in [0.4, 0.5) is 0 Å². The second-order valence-corrected chi connectivity index (χ2v) is 3.77. The van der Waals surface area contributed by atoms with Crippen molar-refractivity contribution < 1.29 is 25.2 Å². The fourth-order valence-corrected chi connectivity index (χ4v) is 1.53. The molecule has 0 aromatic rings. The van der Waals surface area contributed by atoms with Crippen LogP contribution in [0.25, 0.3) is 0 Å². The average Bonchev–Trinajstić information content (AvgIpc) is 2.63. The van der Waals surface area contributed by atoms with Crippen LogP contribution >= 0.6 is 0 Å². The van der Waals surface area contributed by atoms with E-state index in [1.54, 1.807) is 6.92 Å². The molecule has 17 heavy (non-hydrogen) atoms. The summed E-state index contributed by atoms with van der Waals surface area (Å²) in [6, 6.07) is 0. The summed E-state index contributed by atoms with van der Waals surface area (Å²) in [5, 5.41) is 2.42. The van der Waals surface area contributed by atoms with Gasteiger partial charge in [-0.05, 0) is 6.92 Å². The molecule has 0 unspecified atom stereocenters. The predicted octanol–water partition coefficient (Wildman–Crippen LogP) is 0.206. The molecule has 0 spiro atoms. The van der Waals surface area contributed by atoms with E-state index in [9.17, 15) is 9.59 Å².